The molecule has 0 radical (unpaired) electrons. The maximum Gasteiger partial charge on any atom is 0.185 e. The number of hydrogen-bond acceptors (Lipinski definition) is 4. The molecule has 0 aliphatic carbocycles. The standard InChI is InChI=1S/C8H7ClO4/c9-3-7(13)8-5(11)1-4(10)2-6(8)12/h1-2,10-12H,3H2. The van der Waals surface area contributed by atoms with E-state index in [0.29, 0.717) is 0 Å². The predicted octanol–water partition coefficient (Wildman–Crippen LogP) is 1.22. The molecule has 0 heterocycles. The van der Waals surface area contributed by atoms with Crippen LogP contribution in [-0.2, 0) is 0 Å². The number of benzene rings is 1. The molecular formula is C8H7ClO4. The summed E-state index contributed by atoms with van der Waals surface area (Å²) >= 11 is 5.24. The summed E-state index contributed by atoms with van der Waals surface area (Å²) < 4.78 is 0. The summed E-state index contributed by atoms with van der Waals surface area (Å²) in [6, 6.07) is 1.92. The van der Waals surface area contributed by atoms with E-state index in [9.17, 15) is 15.0 Å². The van der Waals surface area contributed by atoms with E-state index in [0.717, 1.165) is 12.1 Å². The monoisotopic (exact) mass is 202 g/mol. The molecule has 0 unspecified atom stereocenters. The van der Waals surface area contributed by atoms with Crippen LogP contribution < -0.4 is 0 Å². The molecule has 5 heteroatoms. The van der Waals surface area contributed by atoms with Gasteiger partial charge in [-0.25, -0.2) is 0 Å². The number of alkyl halides is 1. The first-order valence-electron chi connectivity index (χ1n) is 3.40. The van der Waals surface area contributed by atoms with Gasteiger partial charge in [0.05, 0.1) is 5.88 Å². The van der Waals surface area contributed by atoms with Gasteiger partial charge in [-0.15, -0.1) is 11.6 Å². The van der Waals surface area contributed by atoms with Crippen molar-refractivity contribution >= 4 is 17.4 Å². The summed E-state index contributed by atoms with van der Waals surface area (Å²) in [4.78, 5) is 11.0. The predicted molar refractivity (Wildman–Crippen MR) is 46.5 cm³/mol. The molecule has 13 heavy (non-hydrogen) atoms. The molecule has 4 nitrogen and oxygen atoms in total. The Morgan fingerprint density at radius 2 is 1.69 bits per heavy atom. The van der Waals surface area contributed by atoms with Crippen molar-refractivity contribution in [2.24, 2.45) is 0 Å². The summed E-state index contributed by atoms with van der Waals surface area (Å²) in [6.07, 6.45) is 0. The minimum Gasteiger partial charge on any atom is -0.508 e. The highest BCUT2D eigenvalue weighted by atomic mass is 35.5. The van der Waals surface area contributed by atoms with E-state index in [2.05, 4.69) is 0 Å². The van der Waals surface area contributed by atoms with Crippen LogP contribution in [-0.4, -0.2) is 27.0 Å². The van der Waals surface area contributed by atoms with Crippen molar-refractivity contribution in [3.63, 3.8) is 0 Å². The van der Waals surface area contributed by atoms with Crippen LogP contribution >= 0.6 is 11.6 Å². The number of ketones is 1. The van der Waals surface area contributed by atoms with Crippen molar-refractivity contribution in [2.75, 3.05) is 5.88 Å². The lowest BCUT2D eigenvalue weighted by molar-refractivity contribution is 0.101. The lowest BCUT2D eigenvalue weighted by Gasteiger charge is -2.04. The average Bonchev–Trinajstić information content (AvgIpc) is 2.02. The Labute approximate surface area is 79.0 Å². The van der Waals surface area contributed by atoms with Gasteiger partial charge in [-0.2, -0.15) is 0 Å². The third-order valence-electron chi connectivity index (χ3n) is 1.48. The molecule has 1 aromatic carbocycles. The fourth-order valence-corrected chi connectivity index (χ4v) is 1.08. The molecule has 70 valence electrons. The van der Waals surface area contributed by atoms with Gasteiger partial charge in [0.2, 0.25) is 0 Å². The summed E-state index contributed by atoms with van der Waals surface area (Å²) in [5, 5.41) is 27.3. The van der Waals surface area contributed by atoms with E-state index in [1.54, 1.807) is 0 Å². The van der Waals surface area contributed by atoms with Crippen LogP contribution in [0.3, 0.4) is 0 Å². The molecule has 0 saturated heterocycles. The van der Waals surface area contributed by atoms with Crippen LogP contribution in [0.5, 0.6) is 17.2 Å². The molecule has 0 amide bonds. The molecule has 0 aliphatic heterocycles. The largest absolute Gasteiger partial charge is 0.508 e. The van der Waals surface area contributed by atoms with Gasteiger partial charge < -0.3 is 15.3 Å². The minimum atomic E-state index is -0.600. The summed E-state index contributed by atoms with van der Waals surface area (Å²) in [7, 11) is 0. The van der Waals surface area contributed by atoms with E-state index in [1.807, 2.05) is 0 Å². The molecule has 0 saturated carbocycles. The minimum absolute atomic E-state index is 0.271. The van der Waals surface area contributed by atoms with Gasteiger partial charge in [0.25, 0.3) is 0 Å². The number of aromatic hydroxyl groups is 3. The maximum atomic E-state index is 11.0. The average molecular weight is 203 g/mol. The number of Topliss-reactive ketones (excluding diaryl/α,β-unsaturated/α-hetero) is 1. The van der Waals surface area contributed by atoms with Crippen molar-refractivity contribution in [3.05, 3.63) is 17.7 Å². The number of carbonyl (C=O) groups excluding carboxylic acids is 1. The second-order valence-electron chi connectivity index (χ2n) is 2.42. The zero-order chi connectivity index (χ0) is 10.0. The first-order valence-corrected chi connectivity index (χ1v) is 3.93. The lowest BCUT2D eigenvalue weighted by atomic mass is 10.1. The summed E-state index contributed by atoms with van der Waals surface area (Å²) in [5.41, 5.74) is -0.271. The van der Waals surface area contributed by atoms with E-state index in [-0.39, 0.29) is 17.2 Å². The number of hydrogen-bond donors (Lipinski definition) is 3. The van der Waals surface area contributed by atoms with Gasteiger partial charge in [0.1, 0.15) is 22.8 Å². The van der Waals surface area contributed by atoms with Crippen LogP contribution in [0.15, 0.2) is 12.1 Å². The molecule has 0 fully saturated rings. The normalized spacial score (nSPS) is 9.92. The van der Waals surface area contributed by atoms with Crippen LogP contribution in [0.4, 0.5) is 0 Å². The summed E-state index contributed by atoms with van der Waals surface area (Å²) in [5.74, 6) is -2.23. The Morgan fingerprint density at radius 3 is 2.08 bits per heavy atom. The highest BCUT2D eigenvalue weighted by Crippen LogP contribution is 2.32. The van der Waals surface area contributed by atoms with Gasteiger partial charge in [0.15, 0.2) is 5.78 Å². The van der Waals surface area contributed by atoms with E-state index >= 15 is 0 Å². The van der Waals surface area contributed by atoms with Gasteiger partial charge in [-0.3, -0.25) is 4.79 Å². The van der Waals surface area contributed by atoms with Gasteiger partial charge >= 0.3 is 0 Å². The Bertz CT molecular complexity index is 325. The molecule has 0 aromatic heterocycles. The second kappa shape index (κ2) is 3.53. The lowest BCUT2D eigenvalue weighted by Crippen LogP contribution is -2.00. The fraction of sp³-hybridized carbons (Fsp3) is 0.125. The zero-order valence-electron chi connectivity index (χ0n) is 6.49. The highest BCUT2D eigenvalue weighted by molar-refractivity contribution is 6.31. The molecule has 0 bridgehead atoms. The second-order valence-corrected chi connectivity index (χ2v) is 2.68. The molecule has 0 aliphatic rings. The Hall–Kier alpha value is -1.42. The topological polar surface area (TPSA) is 77.8 Å². The molecule has 3 N–H and O–H groups in total. The Morgan fingerprint density at radius 1 is 1.23 bits per heavy atom. The van der Waals surface area contributed by atoms with Crippen LogP contribution in [0.2, 0.25) is 0 Å². The molecule has 1 aromatic rings. The Kier molecular flexibility index (Phi) is 2.63. The molecule has 1 rings (SSSR count). The van der Waals surface area contributed by atoms with Gasteiger partial charge in [-0.1, -0.05) is 0 Å². The number of carbonyl (C=O) groups is 1. The SMILES string of the molecule is O=C(CCl)c1c(O)cc(O)cc1O. The molecule has 0 spiro atoms. The van der Waals surface area contributed by atoms with E-state index in [1.165, 1.54) is 0 Å². The number of halogens is 1. The zero-order valence-corrected chi connectivity index (χ0v) is 7.25. The fourth-order valence-electron chi connectivity index (χ4n) is 0.950. The summed E-state index contributed by atoms with van der Waals surface area (Å²) in [6.45, 7) is 0. The van der Waals surface area contributed by atoms with E-state index in [4.69, 9.17) is 16.7 Å². The van der Waals surface area contributed by atoms with Crippen molar-refractivity contribution in [1.82, 2.24) is 0 Å². The van der Waals surface area contributed by atoms with Crippen molar-refractivity contribution in [3.8, 4) is 17.2 Å². The van der Waals surface area contributed by atoms with Gasteiger partial charge in [-0.05, 0) is 0 Å². The van der Waals surface area contributed by atoms with Crippen LogP contribution in [0.25, 0.3) is 0 Å². The number of phenolic OH excluding ortho intramolecular Hbond substituents is 3. The quantitative estimate of drug-likeness (QED) is 0.498. The number of phenols is 3. The molecular weight excluding hydrogens is 196 g/mol. The van der Waals surface area contributed by atoms with Gasteiger partial charge in [0, 0.05) is 12.1 Å². The first kappa shape index (κ1) is 9.67. The molecule has 0 atom stereocenters. The maximum absolute atomic E-state index is 11.0. The van der Waals surface area contributed by atoms with Crippen LogP contribution in [0, 0.1) is 0 Å². The third-order valence-corrected chi connectivity index (χ3v) is 1.72. The van der Waals surface area contributed by atoms with E-state index < -0.39 is 17.3 Å². The first-order chi connectivity index (χ1) is 6.06. The Balaban J connectivity index is 3.28. The highest BCUT2D eigenvalue weighted by Gasteiger charge is 2.16. The third kappa shape index (κ3) is 1.84. The number of rotatable bonds is 2. The van der Waals surface area contributed by atoms with Crippen molar-refractivity contribution < 1.29 is 20.1 Å². The van der Waals surface area contributed by atoms with Crippen molar-refractivity contribution in [1.29, 1.82) is 0 Å². The smallest absolute Gasteiger partial charge is 0.185 e. The van der Waals surface area contributed by atoms with Crippen LogP contribution in [0.1, 0.15) is 10.4 Å². The van der Waals surface area contributed by atoms with Crippen molar-refractivity contribution in [2.45, 2.75) is 0 Å².